The van der Waals surface area contributed by atoms with Gasteiger partial charge in [-0.1, -0.05) is 42.5 Å². The third-order valence-electron chi connectivity index (χ3n) is 3.44. The van der Waals surface area contributed by atoms with E-state index in [0.717, 1.165) is 11.1 Å². The van der Waals surface area contributed by atoms with Crippen LogP contribution in [0.1, 0.15) is 21.5 Å². The first-order valence-electron chi connectivity index (χ1n) is 7.75. The molecule has 0 aromatic heterocycles. The smallest absolute Gasteiger partial charge is 0.253 e. The van der Waals surface area contributed by atoms with Crippen molar-refractivity contribution in [3.63, 3.8) is 0 Å². The van der Waals surface area contributed by atoms with Crippen LogP contribution in [0, 0.1) is 0 Å². The molecule has 0 heterocycles. The lowest BCUT2D eigenvalue weighted by Gasteiger charge is -2.11. The summed E-state index contributed by atoms with van der Waals surface area (Å²) in [5, 5.41) is 2.80. The number of ether oxygens (including phenoxy) is 1. The highest BCUT2D eigenvalue weighted by atomic mass is 16.5. The van der Waals surface area contributed by atoms with E-state index < -0.39 is 0 Å². The van der Waals surface area contributed by atoms with E-state index in [1.54, 1.807) is 26.2 Å². The molecule has 2 rings (SSSR count). The van der Waals surface area contributed by atoms with E-state index in [1.807, 2.05) is 42.5 Å². The summed E-state index contributed by atoms with van der Waals surface area (Å²) in [5.74, 6) is -0.209. The van der Waals surface area contributed by atoms with Crippen LogP contribution in [0.5, 0.6) is 0 Å². The summed E-state index contributed by atoms with van der Waals surface area (Å²) in [6, 6.07) is 16.9. The standard InChI is InChI=1S/C19H22N2O3/c1-21(2)19(23)17-10-8-15(9-11-17)12-20-18(22)14-24-13-16-6-4-3-5-7-16/h3-11H,12-14H2,1-2H3,(H,20,22). The van der Waals surface area contributed by atoms with Crippen LogP contribution in [0.3, 0.4) is 0 Å². The van der Waals surface area contributed by atoms with Gasteiger partial charge in [0.05, 0.1) is 6.61 Å². The minimum Gasteiger partial charge on any atom is -0.367 e. The van der Waals surface area contributed by atoms with Gasteiger partial charge in [-0.05, 0) is 23.3 Å². The summed E-state index contributed by atoms with van der Waals surface area (Å²) < 4.78 is 5.38. The molecule has 0 atom stereocenters. The largest absolute Gasteiger partial charge is 0.367 e. The minimum absolute atomic E-state index is 0.0199. The number of carbonyl (C=O) groups excluding carboxylic acids is 2. The lowest BCUT2D eigenvalue weighted by atomic mass is 10.1. The molecule has 2 amide bonds. The molecule has 24 heavy (non-hydrogen) atoms. The van der Waals surface area contributed by atoms with Crippen LogP contribution in [0.2, 0.25) is 0 Å². The van der Waals surface area contributed by atoms with Crippen LogP contribution in [-0.4, -0.2) is 37.4 Å². The molecule has 0 radical (unpaired) electrons. The Balaban J connectivity index is 1.72. The zero-order valence-electron chi connectivity index (χ0n) is 14.0. The molecule has 0 aliphatic heterocycles. The molecule has 0 fully saturated rings. The molecule has 1 N–H and O–H groups in total. The molecule has 0 spiro atoms. The van der Waals surface area contributed by atoms with Crippen molar-refractivity contribution in [1.82, 2.24) is 10.2 Å². The number of benzene rings is 2. The van der Waals surface area contributed by atoms with Crippen LogP contribution in [-0.2, 0) is 22.7 Å². The fourth-order valence-corrected chi connectivity index (χ4v) is 2.11. The Labute approximate surface area is 142 Å². The Hall–Kier alpha value is -2.66. The van der Waals surface area contributed by atoms with Crippen molar-refractivity contribution in [2.24, 2.45) is 0 Å². The second-order valence-corrected chi connectivity index (χ2v) is 5.65. The van der Waals surface area contributed by atoms with Gasteiger partial charge in [0, 0.05) is 26.2 Å². The Bertz CT molecular complexity index is 667. The zero-order valence-corrected chi connectivity index (χ0v) is 14.0. The highest BCUT2D eigenvalue weighted by molar-refractivity contribution is 5.93. The normalized spacial score (nSPS) is 10.2. The highest BCUT2D eigenvalue weighted by Crippen LogP contribution is 2.06. The predicted octanol–water partition coefficient (Wildman–Crippen LogP) is 2.22. The average Bonchev–Trinajstić information content (AvgIpc) is 2.60. The average molecular weight is 326 g/mol. The highest BCUT2D eigenvalue weighted by Gasteiger charge is 2.07. The number of hydrogen-bond donors (Lipinski definition) is 1. The van der Waals surface area contributed by atoms with E-state index in [-0.39, 0.29) is 18.4 Å². The SMILES string of the molecule is CN(C)C(=O)c1ccc(CNC(=O)COCc2ccccc2)cc1. The molecule has 5 nitrogen and oxygen atoms in total. The molecule has 5 heteroatoms. The number of amides is 2. The van der Waals surface area contributed by atoms with Crippen LogP contribution < -0.4 is 5.32 Å². The Kier molecular flexibility index (Phi) is 6.51. The van der Waals surface area contributed by atoms with Crippen molar-refractivity contribution in [3.05, 3.63) is 71.3 Å². The molecule has 0 aliphatic carbocycles. The summed E-state index contributed by atoms with van der Waals surface area (Å²) in [4.78, 5) is 25.1. The van der Waals surface area contributed by atoms with Gasteiger partial charge in [-0.3, -0.25) is 9.59 Å². The lowest BCUT2D eigenvalue weighted by Crippen LogP contribution is -2.27. The van der Waals surface area contributed by atoms with Crippen molar-refractivity contribution >= 4 is 11.8 Å². The van der Waals surface area contributed by atoms with Gasteiger partial charge in [-0.25, -0.2) is 0 Å². The molecular weight excluding hydrogens is 304 g/mol. The third-order valence-corrected chi connectivity index (χ3v) is 3.44. The maximum Gasteiger partial charge on any atom is 0.253 e. The molecule has 0 aliphatic rings. The van der Waals surface area contributed by atoms with E-state index in [4.69, 9.17) is 4.74 Å². The monoisotopic (exact) mass is 326 g/mol. The molecule has 2 aromatic rings. The Morgan fingerprint density at radius 1 is 0.958 bits per heavy atom. The Morgan fingerprint density at radius 2 is 1.62 bits per heavy atom. The van der Waals surface area contributed by atoms with Crippen molar-refractivity contribution in [2.45, 2.75) is 13.2 Å². The van der Waals surface area contributed by atoms with Crippen molar-refractivity contribution in [1.29, 1.82) is 0 Å². The van der Waals surface area contributed by atoms with E-state index in [0.29, 0.717) is 18.7 Å². The number of nitrogens with one attached hydrogen (secondary N) is 1. The topological polar surface area (TPSA) is 58.6 Å². The van der Waals surface area contributed by atoms with Crippen molar-refractivity contribution in [3.8, 4) is 0 Å². The predicted molar refractivity (Wildman–Crippen MR) is 92.4 cm³/mol. The third kappa shape index (κ3) is 5.52. The molecular formula is C19H22N2O3. The van der Waals surface area contributed by atoms with Gasteiger partial charge in [0.25, 0.3) is 5.91 Å². The number of rotatable bonds is 7. The van der Waals surface area contributed by atoms with E-state index in [2.05, 4.69) is 5.32 Å². The first-order chi connectivity index (χ1) is 11.6. The van der Waals surface area contributed by atoms with Gasteiger partial charge in [-0.15, -0.1) is 0 Å². The second kappa shape index (κ2) is 8.84. The van der Waals surface area contributed by atoms with Gasteiger partial charge in [0.1, 0.15) is 6.61 Å². The van der Waals surface area contributed by atoms with E-state index in [1.165, 1.54) is 4.90 Å². The molecule has 2 aromatic carbocycles. The van der Waals surface area contributed by atoms with Gasteiger partial charge in [-0.2, -0.15) is 0 Å². The van der Waals surface area contributed by atoms with Gasteiger partial charge >= 0.3 is 0 Å². The first kappa shape index (κ1) is 17.7. The Morgan fingerprint density at radius 3 is 2.25 bits per heavy atom. The molecule has 0 saturated carbocycles. The quantitative estimate of drug-likeness (QED) is 0.849. The van der Waals surface area contributed by atoms with Crippen LogP contribution in [0.25, 0.3) is 0 Å². The van der Waals surface area contributed by atoms with Gasteiger partial charge in [0.2, 0.25) is 5.91 Å². The molecule has 0 bridgehead atoms. The molecule has 126 valence electrons. The van der Waals surface area contributed by atoms with E-state index >= 15 is 0 Å². The fourth-order valence-electron chi connectivity index (χ4n) is 2.11. The van der Waals surface area contributed by atoms with Crippen LogP contribution in [0.15, 0.2) is 54.6 Å². The van der Waals surface area contributed by atoms with E-state index in [9.17, 15) is 9.59 Å². The van der Waals surface area contributed by atoms with Crippen molar-refractivity contribution < 1.29 is 14.3 Å². The maximum absolute atomic E-state index is 11.8. The fraction of sp³-hybridized carbons (Fsp3) is 0.263. The summed E-state index contributed by atoms with van der Waals surface area (Å²) in [6.07, 6.45) is 0. The number of hydrogen-bond acceptors (Lipinski definition) is 3. The lowest BCUT2D eigenvalue weighted by molar-refractivity contribution is -0.126. The summed E-state index contributed by atoms with van der Waals surface area (Å²) >= 11 is 0. The maximum atomic E-state index is 11.8. The first-order valence-corrected chi connectivity index (χ1v) is 7.75. The summed E-state index contributed by atoms with van der Waals surface area (Å²) in [6.45, 7) is 0.839. The number of carbonyl (C=O) groups is 2. The zero-order chi connectivity index (χ0) is 17.4. The van der Waals surface area contributed by atoms with Gasteiger partial charge in [0.15, 0.2) is 0 Å². The second-order valence-electron chi connectivity index (χ2n) is 5.65. The molecule has 0 saturated heterocycles. The summed E-state index contributed by atoms with van der Waals surface area (Å²) in [7, 11) is 3.43. The van der Waals surface area contributed by atoms with Crippen LogP contribution in [0.4, 0.5) is 0 Å². The number of nitrogens with zero attached hydrogens (tertiary/aromatic N) is 1. The van der Waals surface area contributed by atoms with Gasteiger partial charge < -0.3 is 15.0 Å². The molecule has 0 unspecified atom stereocenters. The van der Waals surface area contributed by atoms with Crippen LogP contribution >= 0.6 is 0 Å². The van der Waals surface area contributed by atoms with Crippen molar-refractivity contribution in [2.75, 3.05) is 20.7 Å². The summed E-state index contributed by atoms with van der Waals surface area (Å²) in [5.41, 5.74) is 2.59. The minimum atomic E-state index is -0.167.